The lowest BCUT2D eigenvalue weighted by Crippen LogP contribution is -2.03. The predicted molar refractivity (Wildman–Crippen MR) is 84.4 cm³/mol. The van der Waals surface area contributed by atoms with E-state index in [9.17, 15) is 4.79 Å². The van der Waals surface area contributed by atoms with Crippen LogP contribution in [-0.4, -0.2) is 5.91 Å². The van der Waals surface area contributed by atoms with Gasteiger partial charge in [0.25, 0.3) is 5.91 Å². The number of rotatable bonds is 1. The molecule has 1 N–H and O–H groups in total. The average Bonchev–Trinajstić information content (AvgIpc) is 2.69. The molecule has 0 unspecified atom stereocenters. The molecular formula is C15H8Cl3NO. The standard InChI is InChI=1S/C15H8Cl3NO/c16-8-4-5-9-10(15(20)19-14(9)6-8)7-11-12(17)2-1-3-13(11)18/h1-7H,(H,19,20)/b10-7+. The monoisotopic (exact) mass is 323 g/mol. The quantitative estimate of drug-likeness (QED) is 0.723. The summed E-state index contributed by atoms with van der Waals surface area (Å²) in [4.78, 5) is 12.1. The van der Waals surface area contributed by atoms with E-state index in [1.54, 1.807) is 42.5 Å². The minimum Gasteiger partial charge on any atom is -0.321 e. The smallest absolute Gasteiger partial charge is 0.256 e. The molecule has 0 aromatic heterocycles. The lowest BCUT2D eigenvalue weighted by Gasteiger charge is -2.03. The summed E-state index contributed by atoms with van der Waals surface area (Å²) >= 11 is 18.2. The normalized spacial score (nSPS) is 15.3. The van der Waals surface area contributed by atoms with Gasteiger partial charge in [0.2, 0.25) is 0 Å². The van der Waals surface area contributed by atoms with Crippen molar-refractivity contribution in [2.75, 3.05) is 5.32 Å². The number of fused-ring (bicyclic) bond motifs is 1. The molecule has 2 aromatic carbocycles. The summed E-state index contributed by atoms with van der Waals surface area (Å²) in [5, 5.41) is 4.34. The maximum absolute atomic E-state index is 12.1. The first-order chi connectivity index (χ1) is 9.56. The van der Waals surface area contributed by atoms with Crippen LogP contribution in [0.3, 0.4) is 0 Å². The summed E-state index contributed by atoms with van der Waals surface area (Å²) in [5.74, 6) is -0.196. The number of nitrogens with one attached hydrogen (secondary N) is 1. The molecule has 0 radical (unpaired) electrons. The molecule has 0 bridgehead atoms. The maximum atomic E-state index is 12.1. The van der Waals surface area contributed by atoms with Gasteiger partial charge in [0, 0.05) is 31.8 Å². The van der Waals surface area contributed by atoms with Gasteiger partial charge in [0.1, 0.15) is 0 Å². The van der Waals surface area contributed by atoms with Crippen LogP contribution in [0.1, 0.15) is 11.1 Å². The Hall–Kier alpha value is -1.48. The van der Waals surface area contributed by atoms with Crippen LogP contribution in [0, 0.1) is 0 Å². The largest absolute Gasteiger partial charge is 0.321 e. The Kier molecular flexibility index (Phi) is 3.47. The lowest BCUT2D eigenvalue weighted by molar-refractivity contribution is -0.110. The number of amides is 1. The highest BCUT2D eigenvalue weighted by atomic mass is 35.5. The zero-order valence-corrected chi connectivity index (χ0v) is 12.4. The molecule has 2 nitrogen and oxygen atoms in total. The van der Waals surface area contributed by atoms with Crippen molar-refractivity contribution in [2.45, 2.75) is 0 Å². The molecule has 1 aliphatic heterocycles. The predicted octanol–water partition coefficient (Wildman–Crippen LogP) is 5.14. The second-order valence-corrected chi connectivity index (χ2v) is 5.59. The molecule has 0 saturated heterocycles. The zero-order valence-electron chi connectivity index (χ0n) is 10.1. The van der Waals surface area contributed by atoms with Crippen LogP contribution in [0.15, 0.2) is 36.4 Å². The van der Waals surface area contributed by atoms with Crippen molar-refractivity contribution < 1.29 is 4.79 Å². The Bertz CT molecular complexity index is 733. The van der Waals surface area contributed by atoms with Crippen LogP contribution in [0.4, 0.5) is 5.69 Å². The van der Waals surface area contributed by atoms with E-state index < -0.39 is 0 Å². The van der Waals surface area contributed by atoms with Crippen molar-refractivity contribution in [3.05, 3.63) is 62.6 Å². The highest BCUT2D eigenvalue weighted by Crippen LogP contribution is 2.37. The van der Waals surface area contributed by atoms with E-state index in [1.807, 2.05) is 0 Å². The fourth-order valence-electron chi connectivity index (χ4n) is 2.10. The summed E-state index contributed by atoms with van der Waals surface area (Å²) in [6.07, 6.45) is 1.69. The van der Waals surface area contributed by atoms with Gasteiger partial charge in [-0.15, -0.1) is 0 Å². The van der Waals surface area contributed by atoms with Crippen molar-refractivity contribution in [3.8, 4) is 0 Å². The number of carbonyl (C=O) groups excluding carboxylic acids is 1. The van der Waals surface area contributed by atoms with Gasteiger partial charge in [0.05, 0.1) is 5.69 Å². The molecule has 1 amide bonds. The van der Waals surface area contributed by atoms with Gasteiger partial charge in [-0.25, -0.2) is 0 Å². The van der Waals surface area contributed by atoms with Gasteiger partial charge in [-0.3, -0.25) is 4.79 Å². The van der Waals surface area contributed by atoms with Crippen molar-refractivity contribution in [1.29, 1.82) is 0 Å². The van der Waals surface area contributed by atoms with Crippen LogP contribution in [0.5, 0.6) is 0 Å². The number of anilines is 1. The van der Waals surface area contributed by atoms with Crippen LogP contribution in [0.25, 0.3) is 11.6 Å². The highest BCUT2D eigenvalue weighted by Gasteiger charge is 2.24. The van der Waals surface area contributed by atoms with E-state index in [1.165, 1.54) is 0 Å². The summed E-state index contributed by atoms with van der Waals surface area (Å²) in [5.41, 5.74) is 2.63. The Morgan fingerprint density at radius 3 is 2.40 bits per heavy atom. The van der Waals surface area contributed by atoms with Gasteiger partial charge >= 0.3 is 0 Å². The van der Waals surface area contributed by atoms with E-state index in [4.69, 9.17) is 34.8 Å². The van der Waals surface area contributed by atoms with Crippen LogP contribution in [0.2, 0.25) is 15.1 Å². The topological polar surface area (TPSA) is 29.1 Å². The Morgan fingerprint density at radius 2 is 1.70 bits per heavy atom. The molecule has 1 aliphatic rings. The van der Waals surface area contributed by atoms with Gasteiger partial charge < -0.3 is 5.32 Å². The molecule has 0 atom stereocenters. The van der Waals surface area contributed by atoms with Crippen LogP contribution in [-0.2, 0) is 4.79 Å². The Morgan fingerprint density at radius 1 is 1.00 bits per heavy atom. The van der Waals surface area contributed by atoms with Crippen molar-refractivity contribution >= 4 is 58.0 Å². The number of benzene rings is 2. The second kappa shape index (κ2) is 5.13. The molecule has 5 heteroatoms. The zero-order chi connectivity index (χ0) is 14.3. The average molecular weight is 325 g/mol. The molecule has 0 spiro atoms. The summed E-state index contributed by atoms with van der Waals surface area (Å²) in [7, 11) is 0. The Labute approximate surface area is 131 Å². The molecule has 0 saturated carbocycles. The minimum absolute atomic E-state index is 0.196. The third-order valence-electron chi connectivity index (χ3n) is 3.05. The van der Waals surface area contributed by atoms with Crippen LogP contribution < -0.4 is 5.32 Å². The third-order valence-corrected chi connectivity index (χ3v) is 3.95. The Balaban J connectivity index is 2.16. The second-order valence-electron chi connectivity index (χ2n) is 4.34. The molecule has 0 fully saturated rings. The SMILES string of the molecule is O=C1Nc2cc(Cl)ccc2/C1=C\c1c(Cl)cccc1Cl. The molecule has 3 rings (SSSR count). The summed E-state index contributed by atoms with van der Waals surface area (Å²) in [6, 6.07) is 10.5. The number of hydrogen-bond acceptors (Lipinski definition) is 1. The fourth-order valence-corrected chi connectivity index (χ4v) is 2.78. The first kappa shape index (κ1) is 13.5. The molecule has 20 heavy (non-hydrogen) atoms. The van der Waals surface area contributed by atoms with Crippen molar-refractivity contribution in [2.24, 2.45) is 0 Å². The van der Waals surface area contributed by atoms with Gasteiger partial charge in [0.15, 0.2) is 0 Å². The van der Waals surface area contributed by atoms with E-state index in [0.717, 1.165) is 5.56 Å². The van der Waals surface area contributed by atoms with E-state index in [-0.39, 0.29) is 5.91 Å². The van der Waals surface area contributed by atoms with Crippen molar-refractivity contribution in [1.82, 2.24) is 0 Å². The van der Waals surface area contributed by atoms with Gasteiger partial charge in [-0.1, -0.05) is 46.9 Å². The summed E-state index contributed by atoms with van der Waals surface area (Å²) < 4.78 is 0. The molecular weight excluding hydrogens is 317 g/mol. The van der Waals surface area contributed by atoms with Crippen LogP contribution >= 0.6 is 34.8 Å². The van der Waals surface area contributed by atoms with E-state index in [0.29, 0.717) is 31.9 Å². The maximum Gasteiger partial charge on any atom is 0.256 e. The minimum atomic E-state index is -0.196. The molecule has 0 aliphatic carbocycles. The van der Waals surface area contributed by atoms with Crippen molar-refractivity contribution in [3.63, 3.8) is 0 Å². The number of carbonyl (C=O) groups is 1. The lowest BCUT2D eigenvalue weighted by atomic mass is 10.0. The third kappa shape index (κ3) is 2.31. The fraction of sp³-hybridized carbons (Fsp3) is 0. The van der Waals surface area contributed by atoms with Gasteiger partial charge in [-0.05, 0) is 30.3 Å². The molecule has 1 heterocycles. The molecule has 2 aromatic rings. The number of hydrogen-bond donors (Lipinski definition) is 1. The van der Waals surface area contributed by atoms with E-state index in [2.05, 4.69) is 5.32 Å². The van der Waals surface area contributed by atoms with E-state index >= 15 is 0 Å². The van der Waals surface area contributed by atoms with Gasteiger partial charge in [-0.2, -0.15) is 0 Å². The highest BCUT2D eigenvalue weighted by molar-refractivity contribution is 6.40. The molecule has 100 valence electrons. The first-order valence-corrected chi connectivity index (χ1v) is 6.96. The summed E-state index contributed by atoms with van der Waals surface area (Å²) in [6.45, 7) is 0. The number of halogens is 3. The first-order valence-electron chi connectivity index (χ1n) is 5.83.